The van der Waals surface area contributed by atoms with Crippen molar-refractivity contribution >= 4 is 53.1 Å². The molecular weight excluding hydrogens is 353 g/mol. The van der Waals surface area contributed by atoms with Crippen molar-refractivity contribution in [1.29, 1.82) is 0 Å². The number of carbonyl (C=O) groups is 2. The van der Waals surface area contributed by atoms with Crippen LogP contribution in [0.5, 0.6) is 0 Å². The number of rotatable bonds is 6. The van der Waals surface area contributed by atoms with Gasteiger partial charge in [-0.15, -0.1) is 0 Å². The van der Waals surface area contributed by atoms with Crippen LogP contribution in [-0.2, 0) is 4.79 Å². The highest BCUT2D eigenvalue weighted by molar-refractivity contribution is 6.39. The Labute approximate surface area is 148 Å². The number of hydrazone groups is 1. The van der Waals surface area contributed by atoms with E-state index in [9.17, 15) is 9.59 Å². The van der Waals surface area contributed by atoms with Crippen LogP contribution in [0.4, 0.5) is 11.4 Å². The molecule has 2 aromatic rings. The molecule has 2 rings (SSSR count). The van der Waals surface area contributed by atoms with Gasteiger partial charge in [-0.05, 0) is 24.3 Å². The normalized spacial score (nSPS) is 10.1. The molecule has 0 fully saturated rings. The van der Waals surface area contributed by atoms with E-state index >= 15 is 0 Å². The molecule has 0 saturated carbocycles. The zero-order valence-corrected chi connectivity index (χ0v) is 13.9. The molecule has 124 valence electrons. The van der Waals surface area contributed by atoms with E-state index in [1.807, 2.05) is 0 Å². The van der Waals surface area contributed by atoms with Crippen molar-refractivity contribution in [3.63, 3.8) is 0 Å². The van der Waals surface area contributed by atoms with Crippen molar-refractivity contribution in [3.05, 3.63) is 52.3 Å². The van der Waals surface area contributed by atoms with Crippen LogP contribution < -0.4 is 16.1 Å². The van der Waals surface area contributed by atoms with Crippen LogP contribution in [-0.4, -0.2) is 30.1 Å². The molecule has 9 heteroatoms. The summed E-state index contributed by atoms with van der Waals surface area (Å²) in [5.41, 5.74) is 6.38. The van der Waals surface area contributed by atoms with Gasteiger partial charge in [0.05, 0.1) is 16.6 Å². The predicted molar refractivity (Wildman–Crippen MR) is 94.7 cm³/mol. The number of pyridine rings is 1. The molecular formula is C15H13Cl2N5O2. The fraction of sp³-hybridized carbons (Fsp3) is 0.0667. The van der Waals surface area contributed by atoms with Crippen LogP contribution in [0.2, 0.25) is 10.0 Å². The Morgan fingerprint density at radius 3 is 2.29 bits per heavy atom. The van der Waals surface area contributed by atoms with Crippen LogP contribution in [0, 0.1) is 0 Å². The zero-order valence-electron chi connectivity index (χ0n) is 12.4. The summed E-state index contributed by atoms with van der Waals surface area (Å²) in [7, 11) is 0. The average molecular weight is 366 g/mol. The van der Waals surface area contributed by atoms with E-state index in [0.29, 0.717) is 11.3 Å². The van der Waals surface area contributed by atoms with Crippen molar-refractivity contribution < 1.29 is 9.59 Å². The maximum absolute atomic E-state index is 12.3. The van der Waals surface area contributed by atoms with Gasteiger partial charge in [-0.2, -0.15) is 10.1 Å². The molecule has 0 bridgehead atoms. The number of anilines is 2. The molecule has 7 nitrogen and oxygen atoms in total. The Balaban J connectivity index is 2.10. The second-order valence-corrected chi connectivity index (χ2v) is 5.41. The second-order valence-electron chi connectivity index (χ2n) is 4.59. The molecule has 24 heavy (non-hydrogen) atoms. The first-order valence-electron chi connectivity index (χ1n) is 6.66. The van der Waals surface area contributed by atoms with Crippen LogP contribution in [0.3, 0.4) is 0 Å². The third kappa shape index (κ3) is 4.01. The molecule has 0 aliphatic heterocycles. The van der Waals surface area contributed by atoms with E-state index < -0.39 is 11.8 Å². The van der Waals surface area contributed by atoms with Gasteiger partial charge in [0.25, 0.3) is 5.91 Å². The van der Waals surface area contributed by atoms with Crippen molar-refractivity contribution in [1.82, 2.24) is 4.98 Å². The maximum Gasteiger partial charge on any atom is 0.266 e. The number of nitrogens with zero attached hydrogens (tertiary/aromatic N) is 3. The van der Waals surface area contributed by atoms with Gasteiger partial charge in [0, 0.05) is 30.4 Å². The van der Waals surface area contributed by atoms with Crippen LogP contribution in [0.25, 0.3) is 0 Å². The zero-order chi connectivity index (χ0) is 17.7. The number of halogens is 2. The lowest BCUT2D eigenvalue weighted by Crippen LogP contribution is -2.31. The molecule has 3 N–H and O–H groups in total. The standard InChI is InChI=1S/C15H13Cl2N5O2/c1-19-22(14-11(16)6-20-7-12(14)17)13(23)8-21-10-4-2-9(3-5-10)15(18)24/h2-7,21H,1,8H2,(H2,18,24). The summed E-state index contributed by atoms with van der Waals surface area (Å²) in [5, 5.41) is 7.91. The van der Waals surface area contributed by atoms with Gasteiger partial charge in [0.1, 0.15) is 5.69 Å². The molecule has 1 aromatic carbocycles. The lowest BCUT2D eigenvalue weighted by atomic mass is 10.2. The molecule has 2 amide bonds. The quantitative estimate of drug-likeness (QED) is 0.606. The van der Waals surface area contributed by atoms with Gasteiger partial charge in [-0.25, -0.2) is 0 Å². The third-order valence-electron chi connectivity index (χ3n) is 3.03. The highest BCUT2D eigenvalue weighted by Crippen LogP contribution is 2.32. The number of carbonyl (C=O) groups excluding carboxylic acids is 2. The van der Waals surface area contributed by atoms with Crippen LogP contribution in [0.15, 0.2) is 41.8 Å². The summed E-state index contributed by atoms with van der Waals surface area (Å²) in [4.78, 5) is 27.2. The van der Waals surface area contributed by atoms with Crippen molar-refractivity contribution in [2.75, 3.05) is 16.9 Å². The van der Waals surface area contributed by atoms with Gasteiger partial charge in [-0.3, -0.25) is 14.6 Å². The molecule has 0 aliphatic rings. The SMILES string of the molecule is C=NN(C(=O)CNc1ccc(C(N)=O)cc1)c1c(Cl)cncc1Cl. The molecule has 1 aromatic heterocycles. The van der Waals surface area contributed by atoms with Crippen molar-refractivity contribution in [2.24, 2.45) is 10.8 Å². The molecule has 0 aliphatic carbocycles. The Morgan fingerprint density at radius 2 is 1.79 bits per heavy atom. The second kappa shape index (κ2) is 7.76. The minimum atomic E-state index is -0.526. The van der Waals surface area contributed by atoms with Crippen LogP contribution in [0.1, 0.15) is 10.4 Å². The summed E-state index contributed by atoms with van der Waals surface area (Å²) < 4.78 is 0. The van der Waals surface area contributed by atoms with Crippen LogP contribution >= 0.6 is 23.2 Å². The smallest absolute Gasteiger partial charge is 0.266 e. The van der Waals surface area contributed by atoms with Gasteiger partial charge >= 0.3 is 0 Å². The number of hydrogen-bond donors (Lipinski definition) is 2. The summed E-state index contributed by atoms with van der Waals surface area (Å²) in [6.45, 7) is 3.27. The van der Waals surface area contributed by atoms with E-state index in [1.54, 1.807) is 24.3 Å². The number of nitrogens with two attached hydrogens (primary N) is 1. The Morgan fingerprint density at radius 1 is 1.21 bits per heavy atom. The molecule has 0 atom stereocenters. The van der Waals surface area contributed by atoms with Gasteiger partial charge < -0.3 is 11.1 Å². The number of primary amides is 1. The van der Waals surface area contributed by atoms with Gasteiger partial charge in [0.2, 0.25) is 5.91 Å². The maximum atomic E-state index is 12.3. The Kier molecular flexibility index (Phi) is 5.73. The first kappa shape index (κ1) is 17.7. The molecule has 0 radical (unpaired) electrons. The number of amides is 2. The largest absolute Gasteiger partial charge is 0.376 e. The van der Waals surface area contributed by atoms with E-state index in [-0.39, 0.29) is 22.3 Å². The highest BCUT2D eigenvalue weighted by Gasteiger charge is 2.20. The fourth-order valence-corrected chi connectivity index (χ4v) is 2.41. The lowest BCUT2D eigenvalue weighted by molar-refractivity contribution is -0.117. The molecule has 0 unspecified atom stereocenters. The number of hydrogen-bond acceptors (Lipinski definition) is 5. The lowest BCUT2D eigenvalue weighted by Gasteiger charge is -2.19. The summed E-state index contributed by atoms with van der Waals surface area (Å²) in [6, 6.07) is 6.36. The van der Waals surface area contributed by atoms with E-state index in [0.717, 1.165) is 5.01 Å². The molecule has 0 saturated heterocycles. The minimum Gasteiger partial charge on any atom is -0.376 e. The summed E-state index contributed by atoms with van der Waals surface area (Å²) >= 11 is 12.0. The highest BCUT2D eigenvalue weighted by atomic mass is 35.5. The Hall–Kier alpha value is -2.64. The summed E-state index contributed by atoms with van der Waals surface area (Å²) in [6.07, 6.45) is 2.70. The molecule has 1 heterocycles. The number of nitrogens with one attached hydrogen (secondary N) is 1. The van der Waals surface area contributed by atoms with Gasteiger partial charge in [-0.1, -0.05) is 23.2 Å². The monoisotopic (exact) mass is 365 g/mol. The average Bonchev–Trinajstić information content (AvgIpc) is 2.56. The van der Waals surface area contributed by atoms with Crippen molar-refractivity contribution in [3.8, 4) is 0 Å². The third-order valence-corrected chi connectivity index (χ3v) is 3.58. The number of benzene rings is 1. The predicted octanol–water partition coefficient (Wildman–Crippen LogP) is 2.55. The first-order valence-corrected chi connectivity index (χ1v) is 7.42. The Bertz CT molecular complexity index is 760. The number of aromatic nitrogens is 1. The van der Waals surface area contributed by atoms with E-state index in [4.69, 9.17) is 28.9 Å². The summed E-state index contributed by atoms with van der Waals surface area (Å²) in [5.74, 6) is -0.958. The van der Waals surface area contributed by atoms with E-state index in [1.165, 1.54) is 12.4 Å². The molecule has 0 spiro atoms. The van der Waals surface area contributed by atoms with Crippen molar-refractivity contribution in [2.45, 2.75) is 0 Å². The minimum absolute atomic E-state index is 0.0933. The fourth-order valence-electron chi connectivity index (χ4n) is 1.89. The topological polar surface area (TPSA) is 101 Å². The van der Waals surface area contributed by atoms with E-state index in [2.05, 4.69) is 22.1 Å². The first-order chi connectivity index (χ1) is 11.4. The van der Waals surface area contributed by atoms with Gasteiger partial charge in [0.15, 0.2) is 0 Å².